The van der Waals surface area contributed by atoms with Crippen molar-refractivity contribution in [2.45, 2.75) is 154 Å². The average Bonchev–Trinajstić information content (AvgIpc) is 3.31. The van der Waals surface area contributed by atoms with Crippen LogP contribution in [0.1, 0.15) is 146 Å². The summed E-state index contributed by atoms with van der Waals surface area (Å²) in [5.41, 5.74) is 1.41. The zero-order valence-corrected chi connectivity index (χ0v) is 25.1. The molecule has 1 heterocycles. The van der Waals surface area contributed by atoms with Gasteiger partial charge in [0.05, 0.1) is 13.2 Å². The van der Waals surface area contributed by atoms with E-state index < -0.39 is 5.60 Å². The topological polar surface area (TPSA) is 61.8 Å². The van der Waals surface area contributed by atoms with Gasteiger partial charge in [-0.05, 0) is 24.5 Å². The van der Waals surface area contributed by atoms with Crippen molar-refractivity contribution in [3.63, 3.8) is 0 Å². The van der Waals surface area contributed by atoms with Gasteiger partial charge in [0, 0.05) is 19.3 Å². The lowest BCUT2D eigenvalue weighted by Gasteiger charge is -2.27. The summed E-state index contributed by atoms with van der Waals surface area (Å²) in [7, 11) is 0. The summed E-state index contributed by atoms with van der Waals surface area (Å²) >= 11 is 0. The summed E-state index contributed by atoms with van der Waals surface area (Å²) in [6.07, 6.45) is 23.7. The zero-order valence-electron chi connectivity index (χ0n) is 25.1. The first-order valence-corrected chi connectivity index (χ1v) is 16.0. The quantitative estimate of drug-likeness (QED) is 0.0959. The molecule has 1 aromatic carbocycles. The smallest absolute Gasteiger partial charge is 0.306 e. The van der Waals surface area contributed by atoms with Gasteiger partial charge in [-0.1, -0.05) is 134 Å². The Bertz CT molecular complexity index is 792. The highest BCUT2D eigenvalue weighted by Crippen LogP contribution is 2.28. The molecule has 5 nitrogen and oxygen atoms in total. The SMILES string of the molecule is CCCCCCCCCCCCCCCCCCCC(=O)OCC1(COCc2ccccc2C)CCC(=O)O1. The maximum atomic E-state index is 12.3. The number of benzene rings is 1. The van der Waals surface area contributed by atoms with E-state index in [9.17, 15) is 9.59 Å². The van der Waals surface area contributed by atoms with Crippen LogP contribution in [0.2, 0.25) is 0 Å². The normalized spacial score (nSPS) is 16.9. The Morgan fingerprint density at radius 1 is 0.795 bits per heavy atom. The second kappa shape index (κ2) is 20.9. The lowest BCUT2D eigenvalue weighted by molar-refractivity contribution is -0.169. The second-order valence-corrected chi connectivity index (χ2v) is 11.6. The highest BCUT2D eigenvalue weighted by atomic mass is 16.6. The summed E-state index contributed by atoms with van der Waals surface area (Å²) in [5, 5.41) is 0. The fourth-order valence-corrected chi connectivity index (χ4v) is 5.32. The molecule has 39 heavy (non-hydrogen) atoms. The summed E-state index contributed by atoms with van der Waals surface area (Å²) in [6, 6.07) is 8.06. The molecule has 222 valence electrons. The molecule has 0 bridgehead atoms. The number of esters is 2. The summed E-state index contributed by atoms with van der Waals surface area (Å²) < 4.78 is 17.0. The molecule has 0 spiro atoms. The van der Waals surface area contributed by atoms with E-state index in [1.165, 1.54) is 96.3 Å². The minimum Gasteiger partial charge on any atom is -0.461 e. The predicted octanol–water partition coefficient (Wildman–Crippen LogP) is 9.17. The Balaban J connectivity index is 1.43. The summed E-state index contributed by atoms with van der Waals surface area (Å²) in [4.78, 5) is 24.1. The third kappa shape index (κ3) is 15.5. The minimum absolute atomic E-state index is 0.0737. The predicted molar refractivity (Wildman–Crippen MR) is 159 cm³/mol. The number of rotatable bonds is 24. The van der Waals surface area contributed by atoms with Gasteiger partial charge in [-0.15, -0.1) is 0 Å². The van der Waals surface area contributed by atoms with E-state index in [1.54, 1.807) is 0 Å². The third-order valence-electron chi connectivity index (χ3n) is 7.98. The molecule has 1 aromatic rings. The highest BCUT2D eigenvalue weighted by Gasteiger charge is 2.42. The molecule has 1 aliphatic heterocycles. The molecule has 0 N–H and O–H groups in total. The van der Waals surface area contributed by atoms with Crippen LogP contribution in [0.3, 0.4) is 0 Å². The van der Waals surface area contributed by atoms with Crippen molar-refractivity contribution in [2.24, 2.45) is 0 Å². The Morgan fingerprint density at radius 2 is 1.33 bits per heavy atom. The number of aryl methyl sites for hydroxylation is 1. The molecule has 0 saturated carbocycles. The van der Waals surface area contributed by atoms with Crippen molar-refractivity contribution in [1.29, 1.82) is 0 Å². The Morgan fingerprint density at radius 3 is 1.85 bits per heavy atom. The molecule has 1 aliphatic rings. The Hall–Kier alpha value is -1.88. The molecule has 1 unspecified atom stereocenters. The monoisotopic (exact) mass is 544 g/mol. The van der Waals surface area contributed by atoms with Gasteiger partial charge in [0.15, 0.2) is 5.60 Å². The molecular weight excluding hydrogens is 488 g/mol. The number of hydrogen-bond acceptors (Lipinski definition) is 5. The van der Waals surface area contributed by atoms with Crippen LogP contribution < -0.4 is 0 Å². The van der Waals surface area contributed by atoms with Crippen LogP contribution >= 0.6 is 0 Å². The van der Waals surface area contributed by atoms with Gasteiger partial charge in [-0.2, -0.15) is 0 Å². The molecule has 0 radical (unpaired) electrons. The first-order chi connectivity index (χ1) is 19.0. The molecule has 1 saturated heterocycles. The largest absolute Gasteiger partial charge is 0.461 e. The molecule has 1 atom stereocenters. The number of cyclic esters (lactones) is 1. The number of hydrogen-bond donors (Lipinski definition) is 0. The number of unbranched alkanes of at least 4 members (excludes halogenated alkanes) is 16. The van der Waals surface area contributed by atoms with E-state index in [2.05, 4.69) is 6.92 Å². The molecule has 5 heteroatoms. The summed E-state index contributed by atoms with van der Waals surface area (Å²) in [6.45, 7) is 5.08. The van der Waals surface area contributed by atoms with Crippen LogP contribution in [0.25, 0.3) is 0 Å². The van der Waals surface area contributed by atoms with E-state index in [0.29, 0.717) is 25.9 Å². The molecule has 0 aromatic heterocycles. The van der Waals surface area contributed by atoms with Crippen LogP contribution in [-0.4, -0.2) is 30.8 Å². The lowest BCUT2D eigenvalue weighted by Crippen LogP contribution is -2.40. The van der Waals surface area contributed by atoms with Gasteiger partial charge in [0.2, 0.25) is 0 Å². The third-order valence-corrected chi connectivity index (χ3v) is 7.98. The standard InChI is InChI=1S/C34H56O5/c1-3-4-5-6-7-8-9-10-11-12-13-14-15-16-17-18-19-24-32(35)38-29-34(26-25-33(36)39-34)28-37-27-31-23-21-20-22-30(31)2/h20-23H,3-19,24-29H2,1-2H3. The van der Waals surface area contributed by atoms with Gasteiger partial charge in [0.25, 0.3) is 0 Å². The Kier molecular flexibility index (Phi) is 17.9. The highest BCUT2D eigenvalue weighted by molar-refractivity contribution is 5.72. The van der Waals surface area contributed by atoms with Crippen molar-refractivity contribution in [1.82, 2.24) is 0 Å². The van der Waals surface area contributed by atoms with Crippen LogP contribution in [0.4, 0.5) is 0 Å². The van der Waals surface area contributed by atoms with Crippen LogP contribution in [-0.2, 0) is 30.4 Å². The number of carbonyl (C=O) groups is 2. The maximum Gasteiger partial charge on any atom is 0.306 e. The van der Waals surface area contributed by atoms with Crippen molar-refractivity contribution in [2.75, 3.05) is 13.2 Å². The van der Waals surface area contributed by atoms with Crippen molar-refractivity contribution < 1.29 is 23.8 Å². The Labute approximate surface area is 238 Å². The second-order valence-electron chi connectivity index (χ2n) is 11.6. The summed E-state index contributed by atoms with van der Waals surface area (Å²) in [5.74, 6) is -0.462. The maximum absolute atomic E-state index is 12.3. The molecule has 0 amide bonds. The van der Waals surface area contributed by atoms with Crippen molar-refractivity contribution in [3.8, 4) is 0 Å². The van der Waals surface area contributed by atoms with Gasteiger partial charge in [-0.25, -0.2) is 0 Å². The van der Waals surface area contributed by atoms with Crippen molar-refractivity contribution >= 4 is 11.9 Å². The van der Waals surface area contributed by atoms with Crippen LogP contribution in [0.5, 0.6) is 0 Å². The van der Waals surface area contributed by atoms with Gasteiger partial charge >= 0.3 is 11.9 Å². The fourth-order valence-electron chi connectivity index (χ4n) is 5.32. The molecule has 2 rings (SSSR count). The van der Waals surface area contributed by atoms with Gasteiger partial charge in [0.1, 0.15) is 6.61 Å². The lowest BCUT2D eigenvalue weighted by atomic mass is 10.0. The van der Waals surface area contributed by atoms with E-state index in [1.807, 2.05) is 31.2 Å². The fraction of sp³-hybridized carbons (Fsp3) is 0.765. The first-order valence-electron chi connectivity index (χ1n) is 16.0. The number of carbonyl (C=O) groups excluding carboxylic acids is 2. The molecular formula is C34H56O5. The van der Waals surface area contributed by atoms with E-state index in [4.69, 9.17) is 14.2 Å². The minimum atomic E-state index is -0.857. The van der Waals surface area contributed by atoms with Gasteiger partial charge in [-0.3, -0.25) is 9.59 Å². The number of ether oxygens (including phenoxy) is 3. The van der Waals surface area contributed by atoms with E-state index in [0.717, 1.165) is 24.0 Å². The molecule has 0 aliphatic carbocycles. The van der Waals surface area contributed by atoms with E-state index in [-0.39, 0.29) is 25.2 Å². The van der Waals surface area contributed by atoms with E-state index >= 15 is 0 Å². The van der Waals surface area contributed by atoms with Crippen LogP contribution in [0.15, 0.2) is 24.3 Å². The zero-order chi connectivity index (χ0) is 28.0. The van der Waals surface area contributed by atoms with Crippen LogP contribution in [0, 0.1) is 6.92 Å². The molecule has 1 fully saturated rings. The first kappa shape index (κ1) is 33.3. The average molecular weight is 545 g/mol. The van der Waals surface area contributed by atoms with Gasteiger partial charge < -0.3 is 14.2 Å². The van der Waals surface area contributed by atoms with Crippen molar-refractivity contribution in [3.05, 3.63) is 35.4 Å².